The Hall–Kier alpha value is -0.380. The van der Waals surface area contributed by atoms with Crippen LogP contribution < -0.4 is 11.5 Å². The van der Waals surface area contributed by atoms with Crippen LogP contribution in [0.3, 0.4) is 0 Å². The van der Waals surface area contributed by atoms with E-state index in [0.717, 1.165) is 12.3 Å². The van der Waals surface area contributed by atoms with Crippen LogP contribution in [0.5, 0.6) is 0 Å². The van der Waals surface area contributed by atoms with E-state index in [0.29, 0.717) is 5.25 Å². The molecule has 0 radical (unpaired) electrons. The number of guanidine groups is 1. The second-order valence-corrected chi connectivity index (χ2v) is 3.91. The molecular weight excluding hydrogens is 146 g/mol. The van der Waals surface area contributed by atoms with Gasteiger partial charge in [0.2, 0.25) is 0 Å². The van der Waals surface area contributed by atoms with Crippen molar-refractivity contribution >= 4 is 17.7 Å². The number of aliphatic imine (C=N–C) groups is 1. The maximum atomic E-state index is 5.13. The zero-order valence-electron chi connectivity index (χ0n) is 6.50. The summed E-state index contributed by atoms with van der Waals surface area (Å²) < 4.78 is 0. The summed E-state index contributed by atoms with van der Waals surface area (Å²) in [6.45, 7) is 5.03. The minimum Gasteiger partial charge on any atom is -0.370 e. The van der Waals surface area contributed by atoms with E-state index in [-0.39, 0.29) is 5.96 Å². The molecule has 0 unspecified atom stereocenters. The van der Waals surface area contributed by atoms with Crippen LogP contribution in [0.4, 0.5) is 0 Å². The van der Waals surface area contributed by atoms with Gasteiger partial charge in [-0.2, -0.15) is 11.8 Å². The number of nitrogens with two attached hydrogens (primary N) is 2. The summed E-state index contributed by atoms with van der Waals surface area (Å²) in [5.41, 5.74) is 10.3. The molecule has 0 saturated heterocycles. The fourth-order valence-corrected chi connectivity index (χ4v) is 1.13. The Balaban J connectivity index is 3.13. The highest BCUT2D eigenvalue weighted by atomic mass is 32.2. The van der Waals surface area contributed by atoms with Crippen molar-refractivity contribution in [3.63, 3.8) is 0 Å². The second kappa shape index (κ2) is 5.41. The molecule has 10 heavy (non-hydrogen) atoms. The number of rotatable bonds is 4. The molecule has 3 nitrogen and oxygen atoms in total. The highest BCUT2D eigenvalue weighted by Crippen LogP contribution is 2.07. The highest BCUT2D eigenvalue weighted by Gasteiger charge is 1.91. The van der Waals surface area contributed by atoms with Crippen LogP contribution in [-0.2, 0) is 0 Å². The van der Waals surface area contributed by atoms with Crippen molar-refractivity contribution in [2.75, 3.05) is 12.3 Å². The van der Waals surface area contributed by atoms with Crippen LogP contribution in [0.15, 0.2) is 4.99 Å². The molecule has 0 heterocycles. The van der Waals surface area contributed by atoms with Crippen molar-refractivity contribution in [1.82, 2.24) is 0 Å². The summed E-state index contributed by atoms with van der Waals surface area (Å²) in [7, 11) is 0. The molecule has 0 rings (SSSR count). The summed E-state index contributed by atoms with van der Waals surface area (Å²) in [5.74, 6) is 1.18. The molecule has 0 fully saturated rings. The van der Waals surface area contributed by atoms with Crippen LogP contribution in [-0.4, -0.2) is 23.5 Å². The summed E-state index contributed by atoms with van der Waals surface area (Å²) in [5, 5.41) is 0.661. The van der Waals surface area contributed by atoms with E-state index in [1.165, 1.54) is 0 Å². The Labute approximate surface area is 66.3 Å². The Morgan fingerprint density at radius 3 is 2.50 bits per heavy atom. The van der Waals surface area contributed by atoms with Gasteiger partial charge in [0.05, 0.1) is 6.54 Å². The second-order valence-electron chi connectivity index (χ2n) is 2.23. The fourth-order valence-electron chi connectivity index (χ4n) is 0.463. The molecule has 0 bridgehead atoms. The predicted molar refractivity (Wildman–Crippen MR) is 48.3 cm³/mol. The standard InChI is InChI=1S/C6H15N3S/c1-5(2)10-4-3-9-6(7)8/h5H,3-4H2,1-2H3,(H4,7,8,9). The third kappa shape index (κ3) is 7.62. The maximum Gasteiger partial charge on any atom is 0.185 e. The first-order chi connectivity index (χ1) is 4.63. The minimum absolute atomic E-state index is 0.185. The molecule has 0 aromatic rings. The lowest BCUT2D eigenvalue weighted by Gasteiger charge is -2.00. The van der Waals surface area contributed by atoms with Gasteiger partial charge in [-0.1, -0.05) is 13.8 Å². The highest BCUT2D eigenvalue weighted by molar-refractivity contribution is 7.99. The van der Waals surface area contributed by atoms with Crippen LogP contribution in [0.25, 0.3) is 0 Å². The van der Waals surface area contributed by atoms with E-state index in [9.17, 15) is 0 Å². The van der Waals surface area contributed by atoms with E-state index >= 15 is 0 Å². The van der Waals surface area contributed by atoms with Crippen molar-refractivity contribution in [2.24, 2.45) is 16.5 Å². The quantitative estimate of drug-likeness (QED) is 0.356. The molecule has 0 saturated carbocycles. The van der Waals surface area contributed by atoms with E-state index in [1.807, 2.05) is 11.8 Å². The average molecular weight is 161 g/mol. The lowest BCUT2D eigenvalue weighted by atomic mass is 10.6. The third-order valence-corrected chi connectivity index (χ3v) is 1.92. The Morgan fingerprint density at radius 1 is 1.50 bits per heavy atom. The third-order valence-electron chi connectivity index (χ3n) is 0.837. The van der Waals surface area contributed by atoms with Crippen molar-refractivity contribution in [2.45, 2.75) is 19.1 Å². The van der Waals surface area contributed by atoms with Gasteiger partial charge >= 0.3 is 0 Å². The average Bonchev–Trinajstić information content (AvgIpc) is 1.79. The Kier molecular flexibility index (Phi) is 5.20. The van der Waals surface area contributed by atoms with Gasteiger partial charge in [-0.3, -0.25) is 4.99 Å². The smallest absolute Gasteiger partial charge is 0.185 e. The SMILES string of the molecule is CC(C)SCCN=C(N)N. The van der Waals surface area contributed by atoms with Gasteiger partial charge in [0.1, 0.15) is 0 Å². The zero-order valence-corrected chi connectivity index (χ0v) is 7.32. The van der Waals surface area contributed by atoms with Crippen molar-refractivity contribution < 1.29 is 0 Å². The summed E-state index contributed by atoms with van der Waals surface area (Å²) >= 11 is 1.86. The molecule has 0 aromatic heterocycles. The first-order valence-electron chi connectivity index (χ1n) is 3.30. The molecule has 0 spiro atoms. The number of hydrogen-bond acceptors (Lipinski definition) is 2. The van der Waals surface area contributed by atoms with Crippen LogP contribution >= 0.6 is 11.8 Å². The molecule has 60 valence electrons. The molecule has 0 atom stereocenters. The van der Waals surface area contributed by atoms with Gasteiger partial charge < -0.3 is 11.5 Å². The van der Waals surface area contributed by atoms with Gasteiger partial charge in [0.15, 0.2) is 5.96 Å². The zero-order chi connectivity index (χ0) is 7.98. The predicted octanol–water partition coefficient (Wildman–Crippen LogP) is 0.401. The molecule has 0 amide bonds. The lowest BCUT2D eigenvalue weighted by Crippen LogP contribution is -2.23. The maximum absolute atomic E-state index is 5.13. The first kappa shape index (κ1) is 9.62. The van der Waals surface area contributed by atoms with Crippen molar-refractivity contribution in [1.29, 1.82) is 0 Å². The van der Waals surface area contributed by atoms with Crippen LogP contribution in [0.1, 0.15) is 13.8 Å². The van der Waals surface area contributed by atoms with E-state index < -0.39 is 0 Å². The van der Waals surface area contributed by atoms with Gasteiger partial charge in [0.25, 0.3) is 0 Å². The van der Waals surface area contributed by atoms with Crippen molar-refractivity contribution in [3.8, 4) is 0 Å². The molecule has 0 aromatic carbocycles. The topological polar surface area (TPSA) is 64.4 Å². The number of thioether (sulfide) groups is 1. The summed E-state index contributed by atoms with van der Waals surface area (Å²) in [4.78, 5) is 3.85. The molecule has 4 heteroatoms. The van der Waals surface area contributed by atoms with E-state index in [1.54, 1.807) is 0 Å². The number of hydrogen-bond donors (Lipinski definition) is 2. The Bertz CT molecular complexity index is 108. The molecule has 4 N–H and O–H groups in total. The Morgan fingerprint density at radius 2 is 2.10 bits per heavy atom. The van der Waals surface area contributed by atoms with Gasteiger partial charge in [-0.25, -0.2) is 0 Å². The normalized spacial score (nSPS) is 9.90. The molecule has 0 aliphatic heterocycles. The molecule has 0 aliphatic rings. The first-order valence-corrected chi connectivity index (χ1v) is 4.35. The summed E-state index contributed by atoms with van der Waals surface area (Å²) in [6, 6.07) is 0. The fraction of sp³-hybridized carbons (Fsp3) is 0.833. The van der Waals surface area contributed by atoms with Crippen LogP contribution in [0.2, 0.25) is 0 Å². The summed E-state index contributed by atoms with van der Waals surface area (Å²) in [6.07, 6.45) is 0. The van der Waals surface area contributed by atoms with Crippen LogP contribution in [0, 0.1) is 0 Å². The largest absolute Gasteiger partial charge is 0.370 e. The lowest BCUT2D eigenvalue weighted by molar-refractivity contribution is 1.08. The van der Waals surface area contributed by atoms with E-state index in [4.69, 9.17) is 11.5 Å². The van der Waals surface area contributed by atoms with E-state index in [2.05, 4.69) is 18.8 Å². The molecular formula is C6H15N3S. The van der Waals surface area contributed by atoms with Gasteiger partial charge in [-0.15, -0.1) is 0 Å². The molecule has 0 aliphatic carbocycles. The van der Waals surface area contributed by atoms with Gasteiger partial charge in [-0.05, 0) is 5.25 Å². The number of nitrogens with zero attached hydrogens (tertiary/aromatic N) is 1. The van der Waals surface area contributed by atoms with Crippen molar-refractivity contribution in [3.05, 3.63) is 0 Å². The monoisotopic (exact) mass is 161 g/mol. The van der Waals surface area contributed by atoms with Gasteiger partial charge in [0, 0.05) is 5.75 Å². The minimum atomic E-state index is 0.185.